The number of rotatable bonds is 3. The maximum absolute atomic E-state index is 5.55. The van der Waals surface area contributed by atoms with Crippen LogP contribution in [0.3, 0.4) is 0 Å². The highest BCUT2D eigenvalue weighted by Crippen LogP contribution is 2.36. The fraction of sp³-hybridized carbons (Fsp3) is 0.867. The van der Waals surface area contributed by atoms with Crippen molar-refractivity contribution in [2.45, 2.75) is 59.0 Å². The van der Waals surface area contributed by atoms with Gasteiger partial charge in [-0.05, 0) is 55.7 Å². The van der Waals surface area contributed by atoms with E-state index in [0.717, 1.165) is 38.8 Å². The van der Waals surface area contributed by atoms with Crippen molar-refractivity contribution in [3.8, 4) is 0 Å². The first kappa shape index (κ1) is 15.7. The zero-order valence-corrected chi connectivity index (χ0v) is 13.7. The van der Waals surface area contributed by atoms with Crippen molar-refractivity contribution in [2.75, 3.05) is 13.2 Å². The number of thiocarbonyl (C=S) groups is 1. The van der Waals surface area contributed by atoms with Crippen molar-refractivity contribution in [3.05, 3.63) is 0 Å². The van der Waals surface area contributed by atoms with E-state index in [9.17, 15) is 0 Å². The van der Waals surface area contributed by atoms with Gasteiger partial charge in [0.25, 0.3) is 0 Å². The van der Waals surface area contributed by atoms with Crippen molar-refractivity contribution < 1.29 is 4.74 Å². The summed E-state index contributed by atoms with van der Waals surface area (Å²) in [5.41, 5.74) is 4.57. The zero-order chi connectivity index (χ0) is 14.6. The molecule has 5 heteroatoms. The number of hydrogen-bond acceptors (Lipinski definition) is 3. The normalized spacial score (nSPS) is 31.2. The van der Waals surface area contributed by atoms with Gasteiger partial charge in [-0.3, -0.25) is 5.43 Å². The van der Waals surface area contributed by atoms with E-state index >= 15 is 0 Å². The Morgan fingerprint density at radius 3 is 2.95 bits per heavy atom. The first-order valence-electron chi connectivity index (χ1n) is 7.65. The van der Waals surface area contributed by atoms with Gasteiger partial charge in [0.05, 0.1) is 6.10 Å². The summed E-state index contributed by atoms with van der Waals surface area (Å²) in [6.07, 6.45) is 5.98. The van der Waals surface area contributed by atoms with Crippen LogP contribution in [0.5, 0.6) is 0 Å². The molecule has 20 heavy (non-hydrogen) atoms. The van der Waals surface area contributed by atoms with Gasteiger partial charge in [0.1, 0.15) is 0 Å². The summed E-state index contributed by atoms with van der Waals surface area (Å²) in [5.74, 6) is 0.702. The smallest absolute Gasteiger partial charge is 0.187 e. The molecule has 114 valence electrons. The molecule has 2 rings (SSSR count). The van der Waals surface area contributed by atoms with Gasteiger partial charge < -0.3 is 10.1 Å². The Morgan fingerprint density at radius 1 is 1.50 bits per heavy atom. The van der Waals surface area contributed by atoms with E-state index in [1.54, 1.807) is 0 Å². The summed E-state index contributed by atoms with van der Waals surface area (Å²) in [6, 6.07) is 0. The average Bonchev–Trinajstić information content (AvgIpc) is 2.84. The lowest BCUT2D eigenvalue weighted by molar-refractivity contribution is 0.114. The lowest BCUT2D eigenvalue weighted by Crippen LogP contribution is -2.38. The summed E-state index contributed by atoms with van der Waals surface area (Å²) < 4.78 is 5.55. The SMILES string of the molecule is CC1CC(=NNC(=S)NCC2CCCO2)CC(C)(C)C1. The minimum atomic E-state index is 0.302. The molecular weight excluding hydrogens is 270 g/mol. The predicted molar refractivity (Wildman–Crippen MR) is 86.9 cm³/mol. The number of hydrazone groups is 1. The Hall–Kier alpha value is -0.680. The van der Waals surface area contributed by atoms with Gasteiger partial charge in [-0.25, -0.2) is 0 Å². The van der Waals surface area contributed by atoms with E-state index in [0.29, 0.717) is 22.5 Å². The van der Waals surface area contributed by atoms with Gasteiger partial charge in [0.15, 0.2) is 5.11 Å². The molecule has 2 unspecified atom stereocenters. The molecular formula is C15H27N3OS. The Morgan fingerprint density at radius 2 is 2.30 bits per heavy atom. The Kier molecular flexibility index (Phi) is 5.38. The summed E-state index contributed by atoms with van der Waals surface area (Å²) in [7, 11) is 0. The van der Waals surface area contributed by atoms with Gasteiger partial charge in [0, 0.05) is 18.9 Å². The van der Waals surface area contributed by atoms with Crippen LogP contribution in [-0.4, -0.2) is 30.1 Å². The second kappa shape index (κ2) is 6.85. The summed E-state index contributed by atoms with van der Waals surface area (Å²) in [5, 5.41) is 8.28. The molecule has 1 aliphatic heterocycles. The molecule has 4 nitrogen and oxygen atoms in total. The third-order valence-corrected chi connectivity index (χ3v) is 4.23. The Labute approximate surface area is 127 Å². The average molecular weight is 297 g/mol. The minimum Gasteiger partial charge on any atom is -0.376 e. The summed E-state index contributed by atoms with van der Waals surface area (Å²) in [4.78, 5) is 0. The van der Waals surface area contributed by atoms with E-state index in [4.69, 9.17) is 17.0 Å². The lowest BCUT2D eigenvalue weighted by atomic mass is 9.72. The van der Waals surface area contributed by atoms with Crippen LogP contribution in [0.15, 0.2) is 5.10 Å². The fourth-order valence-electron chi connectivity index (χ4n) is 3.38. The largest absolute Gasteiger partial charge is 0.376 e. The fourth-order valence-corrected chi connectivity index (χ4v) is 3.51. The van der Waals surface area contributed by atoms with Crippen molar-refractivity contribution >= 4 is 23.0 Å². The molecule has 2 aliphatic rings. The van der Waals surface area contributed by atoms with Crippen LogP contribution in [0.4, 0.5) is 0 Å². The topological polar surface area (TPSA) is 45.7 Å². The molecule has 1 saturated carbocycles. The molecule has 0 spiro atoms. The van der Waals surface area contributed by atoms with Crippen molar-refractivity contribution in [2.24, 2.45) is 16.4 Å². The van der Waals surface area contributed by atoms with Gasteiger partial charge in [-0.2, -0.15) is 5.10 Å². The first-order valence-corrected chi connectivity index (χ1v) is 8.06. The Balaban J connectivity index is 1.74. The summed E-state index contributed by atoms with van der Waals surface area (Å²) in [6.45, 7) is 8.57. The van der Waals surface area contributed by atoms with Crippen LogP contribution in [-0.2, 0) is 4.74 Å². The quantitative estimate of drug-likeness (QED) is 0.621. The van der Waals surface area contributed by atoms with Gasteiger partial charge in [0.2, 0.25) is 0 Å². The van der Waals surface area contributed by atoms with Crippen molar-refractivity contribution in [1.29, 1.82) is 0 Å². The van der Waals surface area contributed by atoms with E-state index in [1.807, 2.05) is 0 Å². The van der Waals surface area contributed by atoms with E-state index in [2.05, 4.69) is 36.6 Å². The number of nitrogens with one attached hydrogen (secondary N) is 2. The molecule has 1 saturated heterocycles. The molecule has 0 amide bonds. The van der Waals surface area contributed by atoms with Gasteiger partial charge >= 0.3 is 0 Å². The van der Waals surface area contributed by atoms with Crippen LogP contribution < -0.4 is 10.7 Å². The third kappa shape index (κ3) is 5.02. The van der Waals surface area contributed by atoms with Gasteiger partial charge in [-0.15, -0.1) is 0 Å². The molecule has 2 N–H and O–H groups in total. The number of nitrogens with zero attached hydrogens (tertiary/aromatic N) is 1. The van der Waals surface area contributed by atoms with Crippen molar-refractivity contribution in [1.82, 2.24) is 10.7 Å². The predicted octanol–water partition coefficient (Wildman–Crippen LogP) is 2.83. The molecule has 1 aliphatic carbocycles. The second-order valence-electron chi connectivity index (χ2n) is 6.99. The van der Waals surface area contributed by atoms with Crippen LogP contribution in [0, 0.1) is 11.3 Å². The van der Waals surface area contributed by atoms with Crippen LogP contribution >= 0.6 is 12.2 Å². The zero-order valence-electron chi connectivity index (χ0n) is 12.9. The van der Waals surface area contributed by atoms with E-state index < -0.39 is 0 Å². The molecule has 0 aromatic heterocycles. The van der Waals surface area contributed by atoms with Crippen LogP contribution in [0.2, 0.25) is 0 Å². The third-order valence-electron chi connectivity index (χ3n) is 4.00. The molecule has 0 radical (unpaired) electrons. The monoisotopic (exact) mass is 297 g/mol. The molecule has 2 fully saturated rings. The standard InChI is InChI=1S/C15H27N3OS/c1-11-7-12(9-15(2,3)8-11)17-18-14(20)16-10-13-5-4-6-19-13/h11,13H,4-10H2,1-3H3,(H2,16,18,20). The number of hydrogen-bond donors (Lipinski definition) is 2. The second-order valence-corrected chi connectivity index (χ2v) is 7.40. The molecule has 2 atom stereocenters. The number of ether oxygens (including phenoxy) is 1. The summed E-state index contributed by atoms with van der Waals surface area (Å²) >= 11 is 5.26. The van der Waals surface area contributed by atoms with Crippen LogP contribution in [0.1, 0.15) is 52.9 Å². The lowest BCUT2D eigenvalue weighted by Gasteiger charge is -2.34. The van der Waals surface area contributed by atoms with Crippen LogP contribution in [0.25, 0.3) is 0 Å². The molecule has 0 aromatic carbocycles. The minimum absolute atomic E-state index is 0.302. The van der Waals surface area contributed by atoms with Gasteiger partial charge in [-0.1, -0.05) is 20.8 Å². The highest BCUT2D eigenvalue weighted by molar-refractivity contribution is 7.80. The Bertz CT molecular complexity index is 375. The first-order chi connectivity index (χ1) is 9.44. The molecule has 0 aromatic rings. The maximum atomic E-state index is 5.55. The molecule has 0 bridgehead atoms. The van der Waals surface area contributed by atoms with E-state index in [-0.39, 0.29) is 0 Å². The van der Waals surface area contributed by atoms with E-state index in [1.165, 1.54) is 12.1 Å². The van der Waals surface area contributed by atoms with Crippen molar-refractivity contribution in [3.63, 3.8) is 0 Å². The highest BCUT2D eigenvalue weighted by atomic mass is 32.1. The maximum Gasteiger partial charge on any atom is 0.187 e. The highest BCUT2D eigenvalue weighted by Gasteiger charge is 2.29. The molecule has 1 heterocycles.